The Kier molecular flexibility index (Phi) is 8.75. The molecule has 1 fully saturated rings. The van der Waals surface area contributed by atoms with Gasteiger partial charge in [0, 0.05) is 5.56 Å². The predicted octanol–water partition coefficient (Wildman–Crippen LogP) is 9.93. The zero-order valence-electron chi connectivity index (χ0n) is 20.9. The maximum Gasteiger partial charge on any atom is 0.166 e. The summed E-state index contributed by atoms with van der Waals surface area (Å²) in [4.78, 5) is 0. The minimum Gasteiger partial charge on any atom is -0.203 e. The van der Waals surface area contributed by atoms with Crippen LogP contribution in [0.1, 0.15) is 88.2 Å². The Bertz CT molecular complexity index is 977. The first-order valence-corrected chi connectivity index (χ1v) is 13.5. The molecule has 0 spiro atoms. The van der Waals surface area contributed by atoms with Crippen molar-refractivity contribution in [1.82, 2.24) is 0 Å². The van der Waals surface area contributed by atoms with E-state index in [2.05, 4.69) is 43.4 Å². The molecule has 182 valence electrons. The molecule has 0 radical (unpaired) electrons. The molecule has 0 amide bonds. The maximum atomic E-state index is 14.3. The van der Waals surface area contributed by atoms with E-state index in [4.69, 9.17) is 0 Å². The summed E-state index contributed by atoms with van der Waals surface area (Å²) in [6, 6.07) is 11.4. The van der Waals surface area contributed by atoms with Crippen LogP contribution in [0, 0.1) is 36.3 Å². The third-order valence-corrected chi connectivity index (χ3v) is 8.05. The number of aryl methyl sites for hydroxylation is 1. The average molecular weight is 463 g/mol. The van der Waals surface area contributed by atoms with Crippen molar-refractivity contribution in [3.63, 3.8) is 0 Å². The van der Waals surface area contributed by atoms with Crippen molar-refractivity contribution in [2.24, 2.45) is 17.8 Å². The molecule has 0 saturated heterocycles. The molecule has 2 atom stereocenters. The second kappa shape index (κ2) is 12.0. The van der Waals surface area contributed by atoms with Gasteiger partial charge in [0.2, 0.25) is 0 Å². The number of hydrogen-bond donors (Lipinski definition) is 0. The highest BCUT2D eigenvalue weighted by atomic mass is 19.2. The molecule has 0 heterocycles. The van der Waals surface area contributed by atoms with Crippen molar-refractivity contribution in [2.45, 2.75) is 84.0 Å². The van der Waals surface area contributed by atoms with Gasteiger partial charge in [0.25, 0.3) is 0 Å². The number of allylic oxidation sites excluding steroid dienone is 4. The molecule has 0 bridgehead atoms. The fraction of sp³-hybridized carbons (Fsp3) is 0.500. The molecule has 2 aromatic rings. The van der Waals surface area contributed by atoms with E-state index in [1.807, 2.05) is 12.1 Å². The molecule has 1 saturated carbocycles. The predicted molar refractivity (Wildman–Crippen MR) is 140 cm³/mol. The molecule has 2 aromatic carbocycles. The molecule has 0 aliphatic heterocycles. The van der Waals surface area contributed by atoms with Crippen molar-refractivity contribution >= 4 is 0 Å². The van der Waals surface area contributed by atoms with Gasteiger partial charge in [0.15, 0.2) is 11.6 Å². The van der Waals surface area contributed by atoms with E-state index in [1.165, 1.54) is 69.8 Å². The molecule has 0 aromatic heterocycles. The van der Waals surface area contributed by atoms with Gasteiger partial charge >= 0.3 is 0 Å². The van der Waals surface area contributed by atoms with E-state index in [0.717, 1.165) is 11.5 Å². The van der Waals surface area contributed by atoms with Gasteiger partial charge in [-0.25, -0.2) is 8.78 Å². The van der Waals surface area contributed by atoms with Crippen molar-refractivity contribution in [3.05, 3.63) is 83.5 Å². The average Bonchev–Trinajstić information content (AvgIpc) is 2.88. The van der Waals surface area contributed by atoms with Crippen LogP contribution >= 0.6 is 0 Å². The largest absolute Gasteiger partial charge is 0.203 e. The number of halogens is 2. The van der Waals surface area contributed by atoms with Crippen LogP contribution in [-0.4, -0.2) is 0 Å². The summed E-state index contributed by atoms with van der Waals surface area (Å²) >= 11 is 0. The van der Waals surface area contributed by atoms with Gasteiger partial charge in [-0.15, -0.1) is 0 Å². The molecule has 4 rings (SSSR count). The smallest absolute Gasteiger partial charge is 0.166 e. The quantitative estimate of drug-likeness (QED) is 0.270. The van der Waals surface area contributed by atoms with Gasteiger partial charge in [0.1, 0.15) is 0 Å². The van der Waals surface area contributed by atoms with Crippen LogP contribution in [0.2, 0.25) is 0 Å². The van der Waals surface area contributed by atoms with E-state index in [9.17, 15) is 8.78 Å². The standard InChI is InChI=1S/C32H40F2/c1-3-4-5-6-24-8-10-25(11-9-24)12-13-26-14-16-27(17-15-26)28-18-20-29(21-19-28)30-22-7-23(2)31(33)32(30)34/h7-8,10,12-13,18-22,24-27H,3-6,9,11,14-17H2,1-2H3/b13-12+. The van der Waals surface area contributed by atoms with Crippen molar-refractivity contribution in [1.29, 1.82) is 0 Å². The number of rotatable bonds is 8. The van der Waals surface area contributed by atoms with E-state index < -0.39 is 11.6 Å². The number of unbranched alkanes of at least 4 members (excludes halogenated alkanes) is 2. The summed E-state index contributed by atoms with van der Waals surface area (Å²) in [5.41, 5.74) is 2.75. The minimum atomic E-state index is -0.750. The topological polar surface area (TPSA) is 0 Å². The lowest BCUT2D eigenvalue weighted by atomic mass is 9.77. The number of hydrogen-bond acceptors (Lipinski definition) is 0. The van der Waals surface area contributed by atoms with Crippen LogP contribution < -0.4 is 0 Å². The first-order valence-electron chi connectivity index (χ1n) is 13.5. The molecular weight excluding hydrogens is 422 g/mol. The van der Waals surface area contributed by atoms with E-state index in [0.29, 0.717) is 28.9 Å². The zero-order chi connectivity index (χ0) is 23.9. The summed E-state index contributed by atoms with van der Waals surface area (Å²) in [5.74, 6) is 1.19. The molecule has 2 aliphatic rings. The van der Waals surface area contributed by atoms with Gasteiger partial charge in [-0.3, -0.25) is 0 Å². The highest BCUT2D eigenvalue weighted by molar-refractivity contribution is 5.65. The monoisotopic (exact) mass is 462 g/mol. The summed E-state index contributed by atoms with van der Waals surface area (Å²) in [6.45, 7) is 3.87. The molecule has 2 heteroatoms. The first kappa shape index (κ1) is 24.9. The highest BCUT2D eigenvalue weighted by Crippen LogP contribution is 2.38. The first-order chi connectivity index (χ1) is 16.5. The maximum absolute atomic E-state index is 14.3. The summed E-state index contributed by atoms with van der Waals surface area (Å²) in [7, 11) is 0. The SMILES string of the molecule is CCCCCC1C=CC(/C=C/C2CCC(c3ccc(-c4ccc(C)c(F)c4F)cc3)CC2)CC1. The third kappa shape index (κ3) is 6.26. The van der Waals surface area contributed by atoms with Crippen molar-refractivity contribution < 1.29 is 8.78 Å². The van der Waals surface area contributed by atoms with Crippen LogP contribution in [-0.2, 0) is 0 Å². The van der Waals surface area contributed by atoms with Crippen molar-refractivity contribution in [2.75, 3.05) is 0 Å². The molecule has 2 unspecified atom stereocenters. The molecule has 2 aliphatic carbocycles. The van der Waals surface area contributed by atoms with Crippen LogP contribution in [0.15, 0.2) is 60.7 Å². The molecule has 34 heavy (non-hydrogen) atoms. The Labute approximate surface area is 205 Å². The highest BCUT2D eigenvalue weighted by Gasteiger charge is 2.22. The normalized spacial score (nSPS) is 25.2. The Balaban J connectivity index is 1.26. The Morgan fingerprint density at radius 2 is 1.56 bits per heavy atom. The van der Waals surface area contributed by atoms with E-state index >= 15 is 0 Å². The third-order valence-electron chi connectivity index (χ3n) is 8.05. The minimum absolute atomic E-state index is 0.340. The van der Waals surface area contributed by atoms with Gasteiger partial charge in [-0.1, -0.05) is 86.9 Å². The summed E-state index contributed by atoms with van der Waals surface area (Å²) in [6.07, 6.45) is 22.8. The van der Waals surface area contributed by atoms with Gasteiger partial charge < -0.3 is 0 Å². The lowest BCUT2D eigenvalue weighted by Crippen LogP contribution is -2.12. The van der Waals surface area contributed by atoms with Crippen LogP contribution in [0.5, 0.6) is 0 Å². The van der Waals surface area contributed by atoms with Crippen LogP contribution in [0.3, 0.4) is 0 Å². The summed E-state index contributed by atoms with van der Waals surface area (Å²) < 4.78 is 28.3. The Hall–Kier alpha value is -2.22. The lowest BCUT2D eigenvalue weighted by Gasteiger charge is -2.28. The van der Waals surface area contributed by atoms with Gasteiger partial charge in [-0.05, 0) is 92.2 Å². The summed E-state index contributed by atoms with van der Waals surface area (Å²) in [5, 5.41) is 0. The fourth-order valence-corrected chi connectivity index (χ4v) is 5.70. The van der Waals surface area contributed by atoms with Gasteiger partial charge in [-0.2, -0.15) is 0 Å². The van der Waals surface area contributed by atoms with E-state index in [-0.39, 0.29) is 0 Å². The zero-order valence-corrected chi connectivity index (χ0v) is 20.9. The number of benzene rings is 2. The fourth-order valence-electron chi connectivity index (χ4n) is 5.70. The molecule has 0 N–H and O–H groups in total. The van der Waals surface area contributed by atoms with Gasteiger partial charge in [0.05, 0.1) is 0 Å². The molecule has 0 nitrogen and oxygen atoms in total. The van der Waals surface area contributed by atoms with Crippen LogP contribution in [0.25, 0.3) is 11.1 Å². The van der Waals surface area contributed by atoms with Crippen molar-refractivity contribution in [3.8, 4) is 11.1 Å². The Morgan fingerprint density at radius 1 is 0.794 bits per heavy atom. The van der Waals surface area contributed by atoms with E-state index in [1.54, 1.807) is 19.1 Å². The Morgan fingerprint density at radius 3 is 2.24 bits per heavy atom. The second-order valence-electron chi connectivity index (χ2n) is 10.6. The van der Waals surface area contributed by atoms with Crippen LogP contribution in [0.4, 0.5) is 8.78 Å². The second-order valence-corrected chi connectivity index (χ2v) is 10.6. The molecular formula is C32H40F2. The lowest BCUT2D eigenvalue weighted by molar-refractivity contribution is 0.374.